The second-order valence-electron chi connectivity index (χ2n) is 10.7. The van der Waals surface area contributed by atoms with Crippen LogP contribution in [0.2, 0.25) is 0 Å². The second kappa shape index (κ2) is 14.5. The van der Waals surface area contributed by atoms with Crippen LogP contribution in [0.4, 0.5) is 5.69 Å². The maximum Gasteiger partial charge on any atom is 0.0314 e. The minimum atomic E-state index is 0.485. The van der Waals surface area contributed by atoms with E-state index >= 15 is 0 Å². The van der Waals surface area contributed by atoms with Gasteiger partial charge < -0.3 is 5.73 Å². The molecule has 1 nitrogen and oxygen atoms in total. The number of unbranched alkanes of at least 4 members (excludes halogenated alkanes) is 7. The van der Waals surface area contributed by atoms with Crippen LogP contribution in [0.1, 0.15) is 139 Å². The Kier molecular flexibility index (Phi) is 11.4. The van der Waals surface area contributed by atoms with E-state index in [1.165, 1.54) is 107 Å². The van der Waals surface area contributed by atoms with Crippen molar-refractivity contribution < 1.29 is 0 Å². The molecule has 1 atom stereocenters. The molecule has 0 saturated heterocycles. The normalized spacial score (nSPS) is 19.5. The predicted molar refractivity (Wildman–Crippen MR) is 146 cm³/mol. The topological polar surface area (TPSA) is 26.0 Å². The fourth-order valence-corrected chi connectivity index (χ4v) is 5.85. The lowest BCUT2D eigenvalue weighted by molar-refractivity contribution is 0.302. The first-order valence-electron chi connectivity index (χ1n) is 14.2. The second-order valence-corrected chi connectivity index (χ2v) is 10.7. The number of hydrogen-bond donors (Lipinski definition) is 1. The van der Waals surface area contributed by atoms with Crippen LogP contribution in [0.3, 0.4) is 0 Å². The molecule has 0 amide bonds. The van der Waals surface area contributed by atoms with Gasteiger partial charge in [-0.05, 0) is 72.8 Å². The van der Waals surface area contributed by atoms with Gasteiger partial charge in [-0.15, -0.1) is 0 Å². The van der Waals surface area contributed by atoms with Gasteiger partial charge in [-0.1, -0.05) is 114 Å². The third-order valence-electron chi connectivity index (χ3n) is 8.06. The Balaban J connectivity index is 1.51. The Morgan fingerprint density at radius 3 is 1.85 bits per heavy atom. The molecule has 33 heavy (non-hydrogen) atoms. The van der Waals surface area contributed by atoms with Crippen molar-refractivity contribution in [1.82, 2.24) is 0 Å². The van der Waals surface area contributed by atoms with E-state index in [9.17, 15) is 0 Å². The van der Waals surface area contributed by atoms with E-state index in [2.05, 4.69) is 62.4 Å². The first-order valence-corrected chi connectivity index (χ1v) is 14.2. The predicted octanol–water partition coefficient (Wildman–Crippen LogP) is 10.0. The third kappa shape index (κ3) is 8.51. The molecular weight excluding hydrogens is 398 g/mol. The Morgan fingerprint density at radius 1 is 0.667 bits per heavy atom. The minimum absolute atomic E-state index is 0.485. The molecule has 0 bridgehead atoms. The number of nitrogens with two attached hydrogens (primary N) is 1. The van der Waals surface area contributed by atoms with E-state index < -0.39 is 0 Å². The number of anilines is 1. The van der Waals surface area contributed by atoms with Crippen molar-refractivity contribution >= 4 is 5.69 Å². The highest BCUT2D eigenvalue weighted by Gasteiger charge is 2.22. The van der Waals surface area contributed by atoms with E-state index in [1.54, 1.807) is 5.56 Å². The van der Waals surface area contributed by atoms with Crippen molar-refractivity contribution in [1.29, 1.82) is 0 Å². The van der Waals surface area contributed by atoms with Gasteiger partial charge in [0.05, 0.1) is 0 Å². The molecule has 3 rings (SSSR count). The molecule has 182 valence electrons. The molecular formula is C32H49N. The summed E-state index contributed by atoms with van der Waals surface area (Å²) in [7, 11) is 0. The molecule has 2 N–H and O–H groups in total. The molecule has 0 aliphatic heterocycles. The van der Waals surface area contributed by atoms with E-state index in [4.69, 9.17) is 5.73 Å². The van der Waals surface area contributed by atoms with Crippen LogP contribution in [0.5, 0.6) is 0 Å². The Bertz CT molecular complexity index is 752. The number of hydrogen-bond acceptors (Lipinski definition) is 1. The van der Waals surface area contributed by atoms with Crippen molar-refractivity contribution in [2.24, 2.45) is 5.92 Å². The van der Waals surface area contributed by atoms with Gasteiger partial charge in [0.15, 0.2) is 0 Å². The Labute approximate surface area is 204 Å². The van der Waals surface area contributed by atoms with Gasteiger partial charge in [0.2, 0.25) is 0 Å². The molecule has 1 aliphatic rings. The van der Waals surface area contributed by atoms with Crippen molar-refractivity contribution in [3.05, 3.63) is 65.2 Å². The van der Waals surface area contributed by atoms with Crippen LogP contribution in [0.25, 0.3) is 0 Å². The number of benzene rings is 2. The SMILES string of the molecule is CCCCCCCCC1CCC(c2ccc(C(CCCCC)c3ccc(N)cc3)cc2)CC1. The average Bonchev–Trinajstić information content (AvgIpc) is 2.85. The summed E-state index contributed by atoms with van der Waals surface area (Å²) in [5.41, 5.74) is 11.3. The zero-order valence-electron chi connectivity index (χ0n) is 21.5. The molecule has 0 radical (unpaired) electrons. The molecule has 2 aromatic rings. The van der Waals surface area contributed by atoms with Crippen molar-refractivity contribution in [2.45, 2.75) is 122 Å². The van der Waals surface area contributed by atoms with E-state index in [0.717, 1.165) is 17.5 Å². The zero-order chi connectivity index (χ0) is 23.3. The molecule has 1 heteroatoms. The number of rotatable bonds is 14. The highest BCUT2D eigenvalue weighted by Crippen LogP contribution is 2.39. The summed E-state index contributed by atoms with van der Waals surface area (Å²) in [6.45, 7) is 4.59. The summed E-state index contributed by atoms with van der Waals surface area (Å²) >= 11 is 0. The van der Waals surface area contributed by atoms with E-state index in [-0.39, 0.29) is 0 Å². The lowest BCUT2D eigenvalue weighted by Crippen LogP contribution is -2.13. The molecule has 0 spiro atoms. The lowest BCUT2D eigenvalue weighted by Gasteiger charge is -2.29. The molecule has 1 unspecified atom stereocenters. The fraction of sp³-hybridized carbons (Fsp3) is 0.625. The van der Waals surface area contributed by atoms with Crippen LogP contribution >= 0.6 is 0 Å². The quantitative estimate of drug-likeness (QED) is 0.226. The smallest absolute Gasteiger partial charge is 0.0314 e. The third-order valence-corrected chi connectivity index (χ3v) is 8.06. The number of nitrogen functional groups attached to an aromatic ring is 1. The standard InChI is InChI=1S/C32H49N/c1-3-5-7-8-9-11-12-26-14-16-27(17-15-26)28-18-20-29(21-19-28)32(13-10-6-4-2)30-22-24-31(33)25-23-30/h18-27,32H,3-17,33H2,1-2H3. The van der Waals surface area contributed by atoms with Gasteiger partial charge in [-0.2, -0.15) is 0 Å². The monoisotopic (exact) mass is 447 g/mol. The molecule has 1 aliphatic carbocycles. The van der Waals surface area contributed by atoms with Gasteiger partial charge >= 0.3 is 0 Å². The first-order chi connectivity index (χ1) is 16.2. The zero-order valence-corrected chi connectivity index (χ0v) is 21.5. The summed E-state index contributed by atoms with van der Waals surface area (Å²) < 4.78 is 0. The van der Waals surface area contributed by atoms with Crippen LogP contribution in [0, 0.1) is 5.92 Å². The average molecular weight is 448 g/mol. The van der Waals surface area contributed by atoms with Gasteiger partial charge in [0, 0.05) is 11.6 Å². The summed E-state index contributed by atoms with van der Waals surface area (Å²) in [6.07, 6.45) is 20.8. The lowest BCUT2D eigenvalue weighted by atomic mass is 9.76. The van der Waals surface area contributed by atoms with Gasteiger partial charge in [-0.25, -0.2) is 0 Å². The summed E-state index contributed by atoms with van der Waals surface area (Å²) in [6, 6.07) is 18.3. The summed E-state index contributed by atoms with van der Waals surface area (Å²) in [5.74, 6) is 2.24. The molecule has 2 aromatic carbocycles. The largest absolute Gasteiger partial charge is 0.399 e. The summed E-state index contributed by atoms with van der Waals surface area (Å²) in [4.78, 5) is 0. The Morgan fingerprint density at radius 2 is 1.21 bits per heavy atom. The van der Waals surface area contributed by atoms with Gasteiger partial charge in [0.25, 0.3) is 0 Å². The molecule has 1 saturated carbocycles. The first kappa shape index (κ1) is 25.9. The maximum absolute atomic E-state index is 5.95. The molecule has 1 fully saturated rings. The van der Waals surface area contributed by atoms with Crippen LogP contribution in [-0.2, 0) is 0 Å². The van der Waals surface area contributed by atoms with E-state index in [1.807, 2.05) is 0 Å². The van der Waals surface area contributed by atoms with Crippen molar-refractivity contribution in [2.75, 3.05) is 5.73 Å². The van der Waals surface area contributed by atoms with E-state index in [0.29, 0.717) is 5.92 Å². The Hall–Kier alpha value is -1.76. The highest BCUT2D eigenvalue weighted by atomic mass is 14.5. The van der Waals surface area contributed by atoms with Crippen LogP contribution < -0.4 is 5.73 Å². The van der Waals surface area contributed by atoms with Crippen LogP contribution in [0.15, 0.2) is 48.5 Å². The van der Waals surface area contributed by atoms with Crippen molar-refractivity contribution in [3.8, 4) is 0 Å². The van der Waals surface area contributed by atoms with Crippen molar-refractivity contribution in [3.63, 3.8) is 0 Å². The van der Waals surface area contributed by atoms with Gasteiger partial charge in [-0.3, -0.25) is 0 Å². The highest BCUT2D eigenvalue weighted by molar-refractivity contribution is 5.43. The van der Waals surface area contributed by atoms with Gasteiger partial charge in [0.1, 0.15) is 0 Å². The minimum Gasteiger partial charge on any atom is -0.399 e. The fourth-order valence-electron chi connectivity index (χ4n) is 5.85. The summed E-state index contributed by atoms with van der Waals surface area (Å²) in [5, 5.41) is 0. The maximum atomic E-state index is 5.95. The molecule has 0 heterocycles. The van der Waals surface area contributed by atoms with Crippen LogP contribution in [-0.4, -0.2) is 0 Å². The molecule has 0 aromatic heterocycles.